The van der Waals surface area contributed by atoms with Crippen molar-refractivity contribution in [3.63, 3.8) is 0 Å². The molecule has 0 radical (unpaired) electrons. The highest BCUT2D eigenvalue weighted by molar-refractivity contribution is 5.99. The quantitative estimate of drug-likeness (QED) is 0.501. The van der Waals surface area contributed by atoms with Gasteiger partial charge in [0.1, 0.15) is 24.2 Å². The summed E-state index contributed by atoms with van der Waals surface area (Å²) in [6, 6.07) is 3.31. The number of fused-ring (bicyclic) bond motifs is 2. The van der Waals surface area contributed by atoms with Crippen LogP contribution in [0.4, 0.5) is 26.4 Å². The molecule has 9 nitrogen and oxygen atoms in total. The van der Waals surface area contributed by atoms with Crippen molar-refractivity contribution in [2.45, 2.75) is 20.0 Å². The van der Waals surface area contributed by atoms with Gasteiger partial charge in [0.25, 0.3) is 0 Å². The van der Waals surface area contributed by atoms with Crippen molar-refractivity contribution < 1.29 is 18.7 Å². The molecule has 1 amide bonds. The third kappa shape index (κ3) is 4.61. The van der Waals surface area contributed by atoms with Crippen molar-refractivity contribution in [3.05, 3.63) is 35.9 Å². The maximum Gasteiger partial charge on any atom is 0.413 e. The van der Waals surface area contributed by atoms with E-state index in [1.54, 1.807) is 25.3 Å². The Kier molecular flexibility index (Phi) is 6.19. The van der Waals surface area contributed by atoms with Gasteiger partial charge in [-0.2, -0.15) is 0 Å². The zero-order chi connectivity index (χ0) is 23.7. The maximum atomic E-state index is 15.3. The smallest absolute Gasteiger partial charge is 0.413 e. The first-order valence-electron chi connectivity index (χ1n) is 10.6. The lowest BCUT2D eigenvalue weighted by atomic mass is 9.97. The normalized spacial score (nSPS) is 13.8. The first-order valence-corrected chi connectivity index (χ1v) is 10.6. The van der Waals surface area contributed by atoms with E-state index in [1.807, 2.05) is 25.9 Å². The average Bonchev–Trinajstić information content (AvgIpc) is 2.76. The number of rotatable bonds is 5. The maximum absolute atomic E-state index is 15.3. The SMILES string of the molecule is Cc1c(-c2cc3cc(NC(=O)O[C@H](C)CN(C)C)ncc3c(N)c2F)cnc2c1NCCO2. The molecule has 1 aromatic carbocycles. The second-order valence-corrected chi connectivity index (χ2v) is 8.30. The Hall–Kier alpha value is -3.66. The fraction of sp³-hybridized carbons (Fsp3) is 0.348. The Morgan fingerprint density at radius 3 is 2.88 bits per heavy atom. The second-order valence-electron chi connectivity index (χ2n) is 8.30. The molecule has 0 aliphatic carbocycles. The van der Waals surface area contributed by atoms with Crippen LogP contribution >= 0.6 is 0 Å². The highest BCUT2D eigenvalue weighted by Gasteiger charge is 2.21. The highest BCUT2D eigenvalue weighted by Crippen LogP contribution is 2.39. The minimum atomic E-state index is -0.618. The van der Waals surface area contributed by atoms with Crippen molar-refractivity contribution >= 4 is 34.1 Å². The van der Waals surface area contributed by atoms with Crippen LogP contribution in [0.2, 0.25) is 0 Å². The van der Waals surface area contributed by atoms with Gasteiger partial charge in [-0.1, -0.05) is 0 Å². The summed E-state index contributed by atoms with van der Waals surface area (Å²) in [6.45, 7) is 5.44. The molecule has 0 spiro atoms. The number of benzene rings is 1. The van der Waals surface area contributed by atoms with Gasteiger partial charge in [0.2, 0.25) is 5.88 Å². The summed E-state index contributed by atoms with van der Waals surface area (Å²) in [4.78, 5) is 22.7. The molecule has 0 saturated heterocycles. The number of nitrogen functional groups attached to an aromatic ring is 1. The van der Waals surface area contributed by atoms with Gasteiger partial charge in [0.05, 0.1) is 5.69 Å². The summed E-state index contributed by atoms with van der Waals surface area (Å²) in [6.07, 6.45) is 2.10. The fourth-order valence-electron chi connectivity index (χ4n) is 3.92. The highest BCUT2D eigenvalue weighted by atomic mass is 19.1. The van der Waals surface area contributed by atoms with E-state index in [-0.39, 0.29) is 17.6 Å². The van der Waals surface area contributed by atoms with E-state index in [1.165, 1.54) is 6.20 Å². The van der Waals surface area contributed by atoms with Crippen LogP contribution in [-0.4, -0.2) is 60.9 Å². The molecule has 4 rings (SSSR count). The van der Waals surface area contributed by atoms with Crippen molar-refractivity contribution in [3.8, 4) is 17.0 Å². The minimum absolute atomic E-state index is 0.0231. The number of amides is 1. The van der Waals surface area contributed by atoms with Crippen LogP contribution in [0.1, 0.15) is 12.5 Å². The fourth-order valence-corrected chi connectivity index (χ4v) is 3.92. The van der Waals surface area contributed by atoms with Gasteiger partial charge >= 0.3 is 6.09 Å². The molecule has 0 saturated carbocycles. The number of nitrogens with zero attached hydrogens (tertiary/aromatic N) is 3. The van der Waals surface area contributed by atoms with Crippen LogP contribution in [0.5, 0.6) is 5.88 Å². The largest absolute Gasteiger partial charge is 0.474 e. The van der Waals surface area contributed by atoms with Gasteiger partial charge in [0, 0.05) is 42.0 Å². The Morgan fingerprint density at radius 1 is 1.33 bits per heavy atom. The Labute approximate surface area is 191 Å². The Bertz CT molecular complexity index is 1220. The number of ether oxygens (including phenoxy) is 2. The molecule has 0 unspecified atom stereocenters. The van der Waals surface area contributed by atoms with E-state index in [2.05, 4.69) is 20.6 Å². The molecule has 1 atom stereocenters. The van der Waals surface area contributed by atoms with Crippen LogP contribution in [0.25, 0.3) is 21.9 Å². The first-order chi connectivity index (χ1) is 15.7. The van der Waals surface area contributed by atoms with Crippen molar-refractivity contribution in [1.29, 1.82) is 0 Å². The number of carbonyl (C=O) groups is 1. The zero-order valence-electron chi connectivity index (χ0n) is 19.0. The van der Waals surface area contributed by atoms with Crippen molar-refractivity contribution in [2.75, 3.05) is 50.2 Å². The van der Waals surface area contributed by atoms with E-state index in [4.69, 9.17) is 15.2 Å². The number of nitrogens with one attached hydrogen (secondary N) is 2. The molecule has 1 aliphatic rings. The van der Waals surface area contributed by atoms with Gasteiger partial charge in [-0.25, -0.2) is 19.2 Å². The summed E-state index contributed by atoms with van der Waals surface area (Å²) < 4.78 is 26.2. The van der Waals surface area contributed by atoms with Gasteiger partial charge in [-0.05, 0) is 51.0 Å². The van der Waals surface area contributed by atoms with E-state index >= 15 is 4.39 Å². The van der Waals surface area contributed by atoms with Crippen LogP contribution in [-0.2, 0) is 4.74 Å². The zero-order valence-corrected chi connectivity index (χ0v) is 19.0. The molecule has 3 aromatic rings. The minimum Gasteiger partial charge on any atom is -0.474 e. The number of nitrogens with two attached hydrogens (primary N) is 1. The summed E-state index contributed by atoms with van der Waals surface area (Å²) >= 11 is 0. The summed E-state index contributed by atoms with van der Waals surface area (Å²) in [7, 11) is 3.79. The van der Waals surface area contributed by atoms with Gasteiger partial charge in [-0.15, -0.1) is 0 Å². The van der Waals surface area contributed by atoms with Gasteiger partial charge in [-0.3, -0.25) is 5.32 Å². The molecule has 0 bridgehead atoms. The first kappa shape index (κ1) is 22.5. The number of aromatic nitrogens is 2. The predicted octanol–water partition coefficient (Wildman–Crippen LogP) is 3.63. The lowest BCUT2D eigenvalue weighted by Crippen LogP contribution is -2.29. The molecule has 174 valence electrons. The molecule has 10 heteroatoms. The van der Waals surface area contributed by atoms with E-state index in [9.17, 15) is 4.79 Å². The average molecular weight is 455 g/mol. The third-order valence-electron chi connectivity index (χ3n) is 5.40. The summed E-state index contributed by atoms with van der Waals surface area (Å²) in [5, 5.41) is 6.94. The van der Waals surface area contributed by atoms with E-state index in [0.717, 1.165) is 11.3 Å². The Morgan fingerprint density at radius 2 is 2.12 bits per heavy atom. The number of anilines is 3. The standard InChI is InChI=1S/C23H27FN6O3/c1-12(11-30(3)4)33-23(31)29-18-8-14-7-15(19(24)20(25)17(14)10-27-18)16-9-28-22-21(13(16)2)26-5-6-32-22/h7-10,12,26H,5-6,11,25H2,1-4H3,(H,27,29,31)/t12-/m1/s1. The molecule has 33 heavy (non-hydrogen) atoms. The lowest BCUT2D eigenvalue weighted by Gasteiger charge is -2.22. The van der Waals surface area contributed by atoms with E-state index in [0.29, 0.717) is 47.5 Å². The summed E-state index contributed by atoms with van der Waals surface area (Å²) in [5.41, 5.74) is 8.54. The van der Waals surface area contributed by atoms with Crippen LogP contribution in [0.3, 0.4) is 0 Å². The second kappa shape index (κ2) is 9.07. The number of halogens is 1. The van der Waals surface area contributed by atoms with Gasteiger partial charge in [0.15, 0.2) is 5.82 Å². The molecule has 2 aromatic heterocycles. The lowest BCUT2D eigenvalue weighted by molar-refractivity contribution is 0.103. The monoisotopic (exact) mass is 454 g/mol. The molecule has 3 heterocycles. The molecule has 4 N–H and O–H groups in total. The summed E-state index contributed by atoms with van der Waals surface area (Å²) in [5.74, 6) is 0.217. The van der Waals surface area contributed by atoms with E-state index < -0.39 is 11.9 Å². The van der Waals surface area contributed by atoms with Crippen LogP contribution < -0.4 is 21.1 Å². The molecular weight excluding hydrogens is 427 g/mol. The van der Waals surface area contributed by atoms with Crippen molar-refractivity contribution in [2.24, 2.45) is 0 Å². The number of carbonyl (C=O) groups excluding carboxylic acids is 1. The molecule has 1 aliphatic heterocycles. The van der Waals surface area contributed by atoms with Crippen LogP contribution in [0, 0.1) is 12.7 Å². The molecular formula is C23H27FN6O3. The number of hydrogen-bond acceptors (Lipinski definition) is 8. The van der Waals surface area contributed by atoms with Crippen LogP contribution in [0.15, 0.2) is 24.5 Å². The number of pyridine rings is 2. The topological polar surface area (TPSA) is 115 Å². The number of likely N-dealkylation sites (N-methyl/N-ethyl adjacent to an activating group) is 1. The molecule has 0 fully saturated rings. The predicted molar refractivity (Wildman–Crippen MR) is 126 cm³/mol. The van der Waals surface area contributed by atoms with Gasteiger partial charge < -0.3 is 25.4 Å². The third-order valence-corrected chi connectivity index (χ3v) is 5.40. The Balaban J connectivity index is 1.67. The van der Waals surface area contributed by atoms with Crippen molar-refractivity contribution in [1.82, 2.24) is 14.9 Å². The number of hydrogen-bond donors (Lipinski definition) is 3.